The first-order chi connectivity index (χ1) is 10.5. The third kappa shape index (κ3) is 2.81. The van der Waals surface area contributed by atoms with E-state index in [-0.39, 0.29) is 17.9 Å². The zero-order valence-electron chi connectivity index (χ0n) is 12.3. The van der Waals surface area contributed by atoms with Crippen LogP contribution in [0.25, 0.3) is 6.08 Å². The number of amides is 2. The molecule has 0 aliphatic carbocycles. The third-order valence-corrected chi connectivity index (χ3v) is 3.50. The standard InChI is InChI=1S/C16H17N3O3/c1-4-8-17-12-9-10(3)19(16(22)11(12)5-2)13-6-7-14(20)18-15(13)21/h4-5,8-9,13H,1-2,6-7H2,3H3,(H,18,20,21)/b17-8-. The number of hydrogen-bond donors (Lipinski definition) is 1. The summed E-state index contributed by atoms with van der Waals surface area (Å²) in [4.78, 5) is 40.1. The van der Waals surface area contributed by atoms with Crippen molar-refractivity contribution < 1.29 is 9.59 Å². The first-order valence-electron chi connectivity index (χ1n) is 6.87. The largest absolute Gasteiger partial charge is 0.300 e. The molecule has 1 atom stereocenters. The van der Waals surface area contributed by atoms with Gasteiger partial charge in [-0.05, 0) is 19.4 Å². The number of carbonyl (C=O) groups excluding carboxylic acids is 2. The number of hydrogen-bond acceptors (Lipinski definition) is 4. The van der Waals surface area contributed by atoms with Crippen LogP contribution in [-0.2, 0) is 9.59 Å². The van der Waals surface area contributed by atoms with Crippen molar-refractivity contribution >= 4 is 29.8 Å². The van der Waals surface area contributed by atoms with Crippen LogP contribution in [0.5, 0.6) is 0 Å². The fourth-order valence-electron chi connectivity index (χ4n) is 2.49. The minimum atomic E-state index is -0.693. The second-order valence-electron chi connectivity index (χ2n) is 4.94. The molecule has 0 saturated carbocycles. The molecule has 1 aromatic rings. The Morgan fingerprint density at radius 2 is 2.09 bits per heavy atom. The molecule has 2 rings (SSSR count). The van der Waals surface area contributed by atoms with Gasteiger partial charge in [-0.25, -0.2) is 0 Å². The fraction of sp³-hybridized carbons (Fsp3) is 0.250. The molecule has 1 aliphatic rings. The molecule has 0 bridgehead atoms. The smallest absolute Gasteiger partial charge is 0.260 e. The third-order valence-electron chi connectivity index (χ3n) is 3.50. The number of carbonyl (C=O) groups is 2. The van der Waals surface area contributed by atoms with Crippen molar-refractivity contribution in [3.8, 4) is 0 Å². The predicted molar refractivity (Wildman–Crippen MR) is 85.3 cm³/mol. The molecule has 1 fully saturated rings. The zero-order valence-corrected chi connectivity index (χ0v) is 12.3. The summed E-state index contributed by atoms with van der Waals surface area (Å²) in [6.07, 6.45) is 4.92. The van der Waals surface area contributed by atoms with Gasteiger partial charge in [0.2, 0.25) is 11.8 Å². The molecule has 1 unspecified atom stereocenters. The highest BCUT2D eigenvalue weighted by atomic mass is 16.2. The van der Waals surface area contributed by atoms with Crippen LogP contribution in [0.3, 0.4) is 0 Å². The highest BCUT2D eigenvalue weighted by Crippen LogP contribution is 2.24. The molecule has 2 amide bonds. The monoisotopic (exact) mass is 299 g/mol. The zero-order chi connectivity index (χ0) is 16.3. The maximum Gasteiger partial charge on any atom is 0.260 e. The Balaban J connectivity index is 2.58. The van der Waals surface area contributed by atoms with E-state index in [0.29, 0.717) is 23.4 Å². The van der Waals surface area contributed by atoms with Gasteiger partial charge in [-0.3, -0.25) is 29.3 Å². The van der Waals surface area contributed by atoms with Crippen molar-refractivity contribution in [3.05, 3.63) is 46.9 Å². The number of allylic oxidation sites excluding steroid dienone is 1. The number of aryl methyl sites for hydroxylation is 1. The second-order valence-corrected chi connectivity index (χ2v) is 4.94. The summed E-state index contributed by atoms with van der Waals surface area (Å²) >= 11 is 0. The van der Waals surface area contributed by atoms with Crippen molar-refractivity contribution in [1.82, 2.24) is 9.88 Å². The lowest BCUT2D eigenvalue weighted by Crippen LogP contribution is -2.45. The lowest BCUT2D eigenvalue weighted by atomic mass is 10.0. The molecule has 2 heterocycles. The molecule has 22 heavy (non-hydrogen) atoms. The lowest BCUT2D eigenvalue weighted by Gasteiger charge is -2.25. The summed E-state index contributed by atoms with van der Waals surface area (Å²) in [5, 5.41) is 2.26. The molecule has 0 aromatic carbocycles. The minimum absolute atomic E-state index is 0.210. The number of pyridine rings is 1. The van der Waals surface area contributed by atoms with Gasteiger partial charge in [-0.1, -0.05) is 25.3 Å². The van der Waals surface area contributed by atoms with Crippen molar-refractivity contribution in [3.63, 3.8) is 0 Å². The topological polar surface area (TPSA) is 80.5 Å². The van der Waals surface area contributed by atoms with E-state index in [1.54, 1.807) is 13.0 Å². The van der Waals surface area contributed by atoms with Gasteiger partial charge in [0.15, 0.2) is 0 Å². The molecule has 0 spiro atoms. The van der Waals surface area contributed by atoms with Crippen molar-refractivity contribution in [1.29, 1.82) is 0 Å². The maximum atomic E-state index is 12.7. The number of nitrogens with zero attached hydrogens (tertiary/aromatic N) is 2. The quantitative estimate of drug-likeness (QED) is 0.678. The number of rotatable bonds is 4. The molecule has 114 valence electrons. The number of nitrogens with one attached hydrogen (secondary N) is 1. The van der Waals surface area contributed by atoms with E-state index in [2.05, 4.69) is 23.5 Å². The van der Waals surface area contributed by atoms with Gasteiger partial charge >= 0.3 is 0 Å². The lowest BCUT2D eigenvalue weighted by molar-refractivity contribution is -0.135. The number of aliphatic imine (C=N–C) groups is 1. The molecule has 6 heteroatoms. The number of imide groups is 1. The summed E-state index contributed by atoms with van der Waals surface area (Å²) < 4.78 is 1.39. The van der Waals surface area contributed by atoms with E-state index in [1.165, 1.54) is 22.9 Å². The minimum Gasteiger partial charge on any atom is -0.300 e. The highest BCUT2D eigenvalue weighted by Gasteiger charge is 2.30. The molecule has 1 saturated heterocycles. The van der Waals surface area contributed by atoms with E-state index in [4.69, 9.17) is 0 Å². The number of piperidine rings is 1. The molecular formula is C16H17N3O3. The fourth-order valence-corrected chi connectivity index (χ4v) is 2.49. The van der Waals surface area contributed by atoms with Gasteiger partial charge in [0.25, 0.3) is 5.56 Å². The highest BCUT2D eigenvalue weighted by molar-refractivity contribution is 5.99. The van der Waals surface area contributed by atoms with Crippen molar-refractivity contribution in [2.24, 2.45) is 4.99 Å². The molecule has 6 nitrogen and oxygen atoms in total. The van der Waals surface area contributed by atoms with E-state index in [9.17, 15) is 14.4 Å². The molecule has 1 N–H and O–H groups in total. The summed E-state index contributed by atoms with van der Waals surface area (Å²) in [5.41, 5.74) is 1.04. The van der Waals surface area contributed by atoms with Crippen LogP contribution in [0.4, 0.5) is 5.69 Å². The average molecular weight is 299 g/mol. The van der Waals surface area contributed by atoms with E-state index < -0.39 is 11.9 Å². The molecule has 1 aromatic heterocycles. The van der Waals surface area contributed by atoms with E-state index in [1.807, 2.05) is 0 Å². The van der Waals surface area contributed by atoms with Crippen LogP contribution >= 0.6 is 0 Å². The number of aromatic nitrogens is 1. The summed E-state index contributed by atoms with van der Waals surface area (Å²) in [6.45, 7) is 8.91. The molecular weight excluding hydrogens is 282 g/mol. The Bertz CT molecular complexity index is 744. The van der Waals surface area contributed by atoms with Crippen LogP contribution < -0.4 is 10.9 Å². The summed E-state index contributed by atoms with van der Waals surface area (Å²) in [5.74, 6) is -0.776. The predicted octanol–water partition coefficient (Wildman–Crippen LogP) is 1.67. The normalized spacial score (nSPS) is 18.3. The maximum absolute atomic E-state index is 12.7. The van der Waals surface area contributed by atoms with Crippen LogP contribution in [-0.4, -0.2) is 22.6 Å². The Labute approximate surface area is 127 Å². The molecule has 1 aliphatic heterocycles. The Morgan fingerprint density at radius 3 is 2.68 bits per heavy atom. The van der Waals surface area contributed by atoms with Crippen molar-refractivity contribution in [2.75, 3.05) is 0 Å². The second kappa shape index (κ2) is 6.34. The average Bonchev–Trinajstić information content (AvgIpc) is 2.47. The first kappa shape index (κ1) is 15.6. The van der Waals surface area contributed by atoms with Gasteiger partial charge in [-0.15, -0.1) is 0 Å². The van der Waals surface area contributed by atoms with Crippen LogP contribution in [0.1, 0.15) is 30.1 Å². The van der Waals surface area contributed by atoms with Crippen LogP contribution in [0, 0.1) is 6.92 Å². The molecule has 0 radical (unpaired) electrons. The van der Waals surface area contributed by atoms with Crippen LogP contribution in [0.2, 0.25) is 0 Å². The van der Waals surface area contributed by atoms with Crippen LogP contribution in [0.15, 0.2) is 35.1 Å². The van der Waals surface area contributed by atoms with Crippen molar-refractivity contribution in [2.45, 2.75) is 25.8 Å². The summed E-state index contributed by atoms with van der Waals surface area (Å²) in [7, 11) is 0. The van der Waals surface area contributed by atoms with Gasteiger partial charge in [0.05, 0.1) is 11.3 Å². The van der Waals surface area contributed by atoms with E-state index in [0.717, 1.165) is 0 Å². The van der Waals surface area contributed by atoms with Gasteiger partial charge in [0.1, 0.15) is 6.04 Å². The van der Waals surface area contributed by atoms with E-state index >= 15 is 0 Å². The first-order valence-corrected chi connectivity index (χ1v) is 6.87. The Kier molecular flexibility index (Phi) is 4.50. The SMILES string of the molecule is C=C/C=N\c1cc(C)n(C2CCC(=O)NC2=O)c(=O)c1C=C. The van der Waals surface area contributed by atoms with Gasteiger partial charge in [-0.2, -0.15) is 0 Å². The Hall–Kier alpha value is -2.76. The summed E-state index contributed by atoms with van der Waals surface area (Å²) in [6, 6.07) is 1.02. The Morgan fingerprint density at radius 1 is 1.36 bits per heavy atom. The van der Waals surface area contributed by atoms with Gasteiger partial charge < -0.3 is 0 Å². The van der Waals surface area contributed by atoms with Gasteiger partial charge in [0, 0.05) is 18.3 Å².